The SMILES string of the molecule is O=C(O)C1CCCCC1c1occc1Br. The van der Waals surface area contributed by atoms with Crippen LogP contribution in [-0.2, 0) is 4.79 Å². The van der Waals surface area contributed by atoms with Gasteiger partial charge in [-0.05, 0) is 34.8 Å². The number of aliphatic carboxylic acids is 1. The highest BCUT2D eigenvalue weighted by Crippen LogP contribution is 2.41. The zero-order valence-corrected chi connectivity index (χ0v) is 9.87. The van der Waals surface area contributed by atoms with Crippen molar-refractivity contribution in [3.63, 3.8) is 0 Å². The maximum atomic E-state index is 11.1. The summed E-state index contributed by atoms with van der Waals surface area (Å²) in [5, 5.41) is 9.14. The third-order valence-corrected chi connectivity index (χ3v) is 3.72. The van der Waals surface area contributed by atoms with Gasteiger partial charge in [-0.2, -0.15) is 0 Å². The van der Waals surface area contributed by atoms with Crippen molar-refractivity contribution in [2.24, 2.45) is 5.92 Å². The van der Waals surface area contributed by atoms with E-state index in [0.717, 1.165) is 35.9 Å². The van der Waals surface area contributed by atoms with Crippen molar-refractivity contribution >= 4 is 21.9 Å². The van der Waals surface area contributed by atoms with E-state index in [-0.39, 0.29) is 11.8 Å². The molecule has 1 aliphatic carbocycles. The Morgan fingerprint density at radius 2 is 2.20 bits per heavy atom. The molecular formula is C11H13BrO3. The molecule has 1 fully saturated rings. The zero-order chi connectivity index (χ0) is 10.8. The number of rotatable bonds is 2. The van der Waals surface area contributed by atoms with Crippen LogP contribution in [0, 0.1) is 5.92 Å². The van der Waals surface area contributed by atoms with E-state index in [1.807, 2.05) is 6.07 Å². The summed E-state index contributed by atoms with van der Waals surface area (Å²) in [4.78, 5) is 11.1. The average Bonchev–Trinajstić information content (AvgIpc) is 2.64. The van der Waals surface area contributed by atoms with E-state index in [2.05, 4.69) is 15.9 Å². The van der Waals surface area contributed by atoms with Crippen LogP contribution in [0.1, 0.15) is 37.4 Å². The molecule has 0 spiro atoms. The molecule has 0 aliphatic heterocycles. The average molecular weight is 273 g/mol. The molecule has 0 saturated heterocycles. The summed E-state index contributed by atoms with van der Waals surface area (Å²) in [7, 11) is 0. The van der Waals surface area contributed by atoms with Crippen molar-refractivity contribution in [1.82, 2.24) is 0 Å². The molecule has 1 N–H and O–H groups in total. The molecule has 15 heavy (non-hydrogen) atoms. The molecule has 0 bridgehead atoms. The van der Waals surface area contributed by atoms with E-state index in [1.165, 1.54) is 0 Å². The number of hydrogen-bond acceptors (Lipinski definition) is 2. The first-order valence-corrected chi connectivity index (χ1v) is 5.95. The highest BCUT2D eigenvalue weighted by molar-refractivity contribution is 9.10. The van der Waals surface area contributed by atoms with Crippen LogP contribution < -0.4 is 0 Å². The maximum Gasteiger partial charge on any atom is 0.307 e. The van der Waals surface area contributed by atoms with Crippen LogP contribution in [0.5, 0.6) is 0 Å². The monoisotopic (exact) mass is 272 g/mol. The van der Waals surface area contributed by atoms with Gasteiger partial charge >= 0.3 is 5.97 Å². The standard InChI is InChI=1S/C11H13BrO3/c12-9-5-6-15-10(9)7-3-1-2-4-8(7)11(13)14/h5-8H,1-4H2,(H,13,14). The molecule has 2 atom stereocenters. The van der Waals surface area contributed by atoms with E-state index >= 15 is 0 Å². The fraction of sp³-hybridized carbons (Fsp3) is 0.545. The molecule has 3 nitrogen and oxygen atoms in total. The van der Waals surface area contributed by atoms with E-state index in [4.69, 9.17) is 9.52 Å². The Hall–Kier alpha value is -0.770. The number of carboxylic acids is 1. The van der Waals surface area contributed by atoms with Crippen molar-refractivity contribution in [2.75, 3.05) is 0 Å². The molecule has 1 aromatic heterocycles. The third-order valence-electron chi connectivity index (χ3n) is 3.06. The van der Waals surface area contributed by atoms with Gasteiger partial charge in [-0.15, -0.1) is 0 Å². The highest BCUT2D eigenvalue weighted by Gasteiger charge is 2.34. The third kappa shape index (κ3) is 2.09. The van der Waals surface area contributed by atoms with Crippen LogP contribution in [0.4, 0.5) is 0 Å². The molecule has 0 aromatic carbocycles. The van der Waals surface area contributed by atoms with Crippen LogP contribution in [0.2, 0.25) is 0 Å². The van der Waals surface area contributed by atoms with Crippen LogP contribution >= 0.6 is 15.9 Å². The minimum atomic E-state index is -0.706. The van der Waals surface area contributed by atoms with Gasteiger partial charge in [0.25, 0.3) is 0 Å². The second kappa shape index (κ2) is 4.39. The second-order valence-corrected chi connectivity index (χ2v) is 4.82. The summed E-state index contributed by atoms with van der Waals surface area (Å²) in [5.41, 5.74) is 0. The summed E-state index contributed by atoms with van der Waals surface area (Å²) in [6.45, 7) is 0. The fourth-order valence-electron chi connectivity index (χ4n) is 2.31. The Balaban J connectivity index is 2.25. The Morgan fingerprint density at radius 3 is 2.80 bits per heavy atom. The molecule has 2 unspecified atom stereocenters. The molecule has 0 radical (unpaired) electrons. The zero-order valence-electron chi connectivity index (χ0n) is 8.28. The number of carbonyl (C=O) groups is 1. The molecule has 82 valence electrons. The van der Waals surface area contributed by atoms with Crippen LogP contribution in [0.15, 0.2) is 21.2 Å². The first-order chi connectivity index (χ1) is 7.20. The van der Waals surface area contributed by atoms with E-state index in [9.17, 15) is 4.79 Å². The lowest BCUT2D eigenvalue weighted by Crippen LogP contribution is -2.25. The van der Waals surface area contributed by atoms with Gasteiger partial charge in [0.1, 0.15) is 5.76 Å². The summed E-state index contributed by atoms with van der Waals surface area (Å²) < 4.78 is 6.26. The molecule has 1 heterocycles. The quantitative estimate of drug-likeness (QED) is 0.898. The molecular weight excluding hydrogens is 260 g/mol. The van der Waals surface area contributed by atoms with Crippen LogP contribution in [0.3, 0.4) is 0 Å². The maximum absolute atomic E-state index is 11.1. The Morgan fingerprint density at radius 1 is 1.47 bits per heavy atom. The summed E-state index contributed by atoms with van der Waals surface area (Å²) in [5.74, 6) is -0.174. The summed E-state index contributed by atoms with van der Waals surface area (Å²) in [6, 6.07) is 1.82. The number of halogens is 1. The predicted molar refractivity (Wildman–Crippen MR) is 58.7 cm³/mol. The lowest BCUT2D eigenvalue weighted by molar-refractivity contribution is -0.143. The van der Waals surface area contributed by atoms with Gasteiger partial charge in [0, 0.05) is 5.92 Å². The van der Waals surface area contributed by atoms with Gasteiger partial charge in [0.05, 0.1) is 16.7 Å². The lowest BCUT2D eigenvalue weighted by Gasteiger charge is -2.27. The van der Waals surface area contributed by atoms with Gasteiger partial charge < -0.3 is 9.52 Å². The molecule has 1 saturated carbocycles. The lowest BCUT2D eigenvalue weighted by atomic mass is 9.78. The molecule has 0 amide bonds. The fourth-order valence-corrected chi connectivity index (χ4v) is 2.81. The molecule has 1 aromatic rings. The minimum Gasteiger partial charge on any atom is -0.481 e. The van der Waals surface area contributed by atoms with Gasteiger partial charge in [-0.3, -0.25) is 4.79 Å². The first-order valence-electron chi connectivity index (χ1n) is 5.16. The van der Waals surface area contributed by atoms with E-state index in [0.29, 0.717) is 0 Å². The number of carboxylic acid groups (broad SMARTS) is 1. The second-order valence-electron chi connectivity index (χ2n) is 3.97. The van der Waals surface area contributed by atoms with Crippen molar-refractivity contribution < 1.29 is 14.3 Å². The number of hydrogen-bond donors (Lipinski definition) is 1. The van der Waals surface area contributed by atoms with Crippen LogP contribution in [0.25, 0.3) is 0 Å². The Kier molecular flexibility index (Phi) is 3.14. The van der Waals surface area contributed by atoms with E-state index in [1.54, 1.807) is 6.26 Å². The first kappa shape index (κ1) is 10.7. The Bertz CT molecular complexity index is 358. The van der Waals surface area contributed by atoms with Crippen molar-refractivity contribution in [3.8, 4) is 0 Å². The summed E-state index contributed by atoms with van der Waals surface area (Å²) in [6.07, 6.45) is 5.36. The van der Waals surface area contributed by atoms with Crippen molar-refractivity contribution in [2.45, 2.75) is 31.6 Å². The van der Waals surface area contributed by atoms with Crippen LogP contribution in [-0.4, -0.2) is 11.1 Å². The minimum absolute atomic E-state index is 0.0284. The van der Waals surface area contributed by atoms with Crippen molar-refractivity contribution in [1.29, 1.82) is 0 Å². The van der Waals surface area contributed by atoms with Gasteiger partial charge in [0.15, 0.2) is 0 Å². The largest absolute Gasteiger partial charge is 0.481 e. The number of furan rings is 1. The van der Waals surface area contributed by atoms with Gasteiger partial charge in [-0.25, -0.2) is 0 Å². The smallest absolute Gasteiger partial charge is 0.307 e. The van der Waals surface area contributed by atoms with Gasteiger partial charge in [0.2, 0.25) is 0 Å². The van der Waals surface area contributed by atoms with Gasteiger partial charge in [-0.1, -0.05) is 12.8 Å². The summed E-state index contributed by atoms with van der Waals surface area (Å²) >= 11 is 3.39. The molecule has 1 aliphatic rings. The topological polar surface area (TPSA) is 50.4 Å². The molecule has 4 heteroatoms. The molecule has 2 rings (SSSR count). The highest BCUT2D eigenvalue weighted by atomic mass is 79.9. The predicted octanol–water partition coefficient (Wildman–Crippen LogP) is 3.40. The normalized spacial score (nSPS) is 26.5. The van der Waals surface area contributed by atoms with E-state index < -0.39 is 5.97 Å². The van der Waals surface area contributed by atoms with Crippen molar-refractivity contribution in [3.05, 3.63) is 22.6 Å². The Labute approximate surface area is 96.6 Å².